The van der Waals surface area contributed by atoms with Gasteiger partial charge in [-0.15, -0.1) is 11.3 Å². The number of thiazole rings is 1. The van der Waals surface area contributed by atoms with Crippen LogP contribution in [0.25, 0.3) is 21.8 Å². The van der Waals surface area contributed by atoms with E-state index in [2.05, 4.69) is 28.9 Å². The van der Waals surface area contributed by atoms with Crippen molar-refractivity contribution in [2.75, 3.05) is 6.61 Å². The molecule has 6 heteroatoms. The number of carbonyl (C=O) groups excluding carboxylic acids is 1. The van der Waals surface area contributed by atoms with Crippen molar-refractivity contribution >= 4 is 28.8 Å². The van der Waals surface area contributed by atoms with E-state index in [4.69, 9.17) is 21.3 Å². The first kappa shape index (κ1) is 21.1. The third kappa shape index (κ3) is 5.94. The van der Waals surface area contributed by atoms with Crippen LogP contribution < -0.4 is 10.1 Å². The summed E-state index contributed by atoms with van der Waals surface area (Å²) in [7, 11) is 0. The molecule has 0 aliphatic carbocycles. The Morgan fingerprint density at radius 3 is 2.55 bits per heavy atom. The van der Waals surface area contributed by atoms with E-state index in [0.717, 1.165) is 27.4 Å². The maximum absolute atomic E-state index is 12.2. The molecule has 0 spiro atoms. The van der Waals surface area contributed by atoms with Gasteiger partial charge in [0.05, 0.1) is 18.7 Å². The number of ether oxygens (including phenoxy) is 1. The van der Waals surface area contributed by atoms with Gasteiger partial charge in [0.15, 0.2) is 0 Å². The van der Waals surface area contributed by atoms with Crippen molar-refractivity contribution in [3.63, 3.8) is 0 Å². The summed E-state index contributed by atoms with van der Waals surface area (Å²) >= 11 is 7.47. The number of rotatable bonds is 8. The number of nitrogens with zero attached hydrogens (tertiary/aromatic N) is 1. The van der Waals surface area contributed by atoms with E-state index in [1.807, 2.05) is 36.4 Å². The summed E-state index contributed by atoms with van der Waals surface area (Å²) in [5.41, 5.74) is 4.15. The molecule has 4 aromatic rings. The summed E-state index contributed by atoms with van der Waals surface area (Å²) < 4.78 is 5.57. The van der Waals surface area contributed by atoms with Crippen LogP contribution in [0.1, 0.15) is 12.0 Å². The molecule has 0 saturated carbocycles. The van der Waals surface area contributed by atoms with Gasteiger partial charge in [0.1, 0.15) is 10.8 Å². The van der Waals surface area contributed by atoms with Crippen LogP contribution >= 0.6 is 22.9 Å². The molecule has 4 nitrogen and oxygen atoms in total. The zero-order valence-corrected chi connectivity index (χ0v) is 18.3. The standard InChI is InChI=1S/C25H21ClN2O2S/c26-21-9-11-22(12-10-21)30-14-13-24(29)27-16-18-5-4-8-20(15-18)25-28-23(17-31-25)19-6-2-1-3-7-19/h1-12,15,17H,13-14,16H2,(H,27,29). The van der Waals surface area contributed by atoms with Gasteiger partial charge in [-0.25, -0.2) is 4.98 Å². The molecule has 1 aromatic heterocycles. The van der Waals surface area contributed by atoms with Crippen LogP contribution in [-0.2, 0) is 11.3 Å². The van der Waals surface area contributed by atoms with E-state index >= 15 is 0 Å². The first-order valence-corrected chi connectivity index (χ1v) is 11.2. The molecule has 1 heterocycles. The summed E-state index contributed by atoms with van der Waals surface area (Å²) in [6.07, 6.45) is 0.287. The van der Waals surface area contributed by atoms with E-state index in [9.17, 15) is 4.79 Å². The normalized spacial score (nSPS) is 10.6. The highest BCUT2D eigenvalue weighted by molar-refractivity contribution is 7.13. The Morgan fingerprint density at radius 1 is 0.968 bits per heavy atom. The van der Waals surface area contributed by atoms with Crippen molar-refractivity contribution in [3.05, 3.63) is 94.8 Å². The van der Waals surface area contributed by atoms with Gasteiger partial charge < -0.3 is 10.1 Å². The molecular formula is C25H21ClN2O2S. The van der Waals surface area contributed by atoms with Crippen LogP contribution in [-0.4, -0.2) is 17.5 Å². The second kappa shape index (κ2) is 10.2. The molecule has 0 fully saturated rings. The van der Waals surface area contributed by atoms with Crippen molar-refractivity contribution in [3.8, 4) is 27.6 Å². The van der Waals surface area contributed by atoms with Crippen molar-refractivity contribution < 1.29 is 9.53 Å². The Morgan fingerprint density at radius 2 is 1.74 bits per heavy atom. The number of hydrogen-bond acceptors (Lipinski definition) is 4. The predicted molar refractivity (Wildman–Crippen MR) is 126 cm³/mol. The predicted octanol–water partition coefficient (Wildman–Crippen LogP) is 6.22. The molecule has 0 unspecified atom stereocenters. The van der Waals surface area contributed by atoms with Crippen LogP contribution in [0.2, 0.25) is 5.02 Å². The topological polar surface area (TPSA) is 51.2 Å². The molecule has 4 rings (SSSR count). The SMILES string of the molecule is O=C(CCOc1ccc(Cl)cc1)NCc1cccc(-c2nc(-c3ccccc3)cs2)c1. The van der Waals surface area contributed by atoms with Crippen LogP contribution in [0.3, 0.4) is 0 Å². The molecule has 0 aliphatic heterocycles. The third-order valence-corrected chi connectivity index (χ3v) is 5.79. The summed E-state index contributed by atoms with van der Waals surface area (Å²) in [5, 5.41) is 6.63. The van der Waals surface area contributed by atoms with Gasteiger partial charge in [-0.2, -0.15) is 0 Å². The van der Waals surface area contributed by atoms with E-state index in [0.29, 0.717) is 23.9 Å². The summed E-state index contributed by atoms with van der Waals surface area (Å²) in [6.45, 7) is 0.777. The van der Waals surface area contributed by atoms with E-state index < -0.39 is 0 Å². The average Bonchev–Trinajstić information content (AvgIpc) is 3.30. The smallest absolute Gasteiger partial charge is 0.223 e. The number of benzene rings is 3. The molecule has 0 radical (unpaired) electrons. The van der Waals surface area contributed by atoms with Gasteiger partial charge in [0.2, 0.25) is 5.91 Å². The van der Waals surface area contributed by atoms with Crippen LogP contribution in [0.4, 0.5) is 0 Å². The Kier molecular flexibility index (Phi) is 6.97. The lowest BCUT2D eigenvalue weighted by atomic mass is 10.1. The minimum atomic E-state index is -0.0556. The Balaban J connectivity index is 1.30. The van der Waals surface area contributed by atoms with Gasteiger partial charge >= 0.3 is 0 Å². The lowest BCUT2D eigenvalue weighted by Gasteiger charge is -2.08. The number of nitrogens with one attached hydrogen (secondary N) is 1. The molecule has 0 atom stereocenters. The average molecular weight is 449 g/mol. The van der Waals surface area contributed by atoms with E-state index in [1.54, 1.807) is 35.6 Å². The number of hydrogen-bond donors (Lipinski definition) is 1. The second-order valence-corrected chi connectivity index (χ2v) is 8.23. The lowest BCUT2D eigenvalue weighted by Crippen LogP contribution is -2.24. The molecule has 0 aliphatic rings. The number of aromatic nitrogens is 1. The van der Waals surface area contributed by atoms with Crippen molar-refractivity contribution in [2.24, 2.45) is 0 Å². The highest BCUT2D eigenvalue weighted by atomic mass is 35.5. The van der Waals surface area contributed by atoms with Crippen molar-refractivity contribution in [2.45, 2.75) is 13.0 Å². The minimum absolute atomic E-state index is 0.0556. The van der Waals surface area contributed by atoms with Gasteiger partial charge in [0.25, 0.3) is 0 Å². The first-order valence-electron chi connectivity index (χ1n) is 9.93. The third-order valence-electron chi connectivity index (χ3n) is 4.65. The molecular weight excluding hydrogens is 428 g/mol. The quantitative estimate of drug-likeness (QED) is 0.348. The lowest BCUT2D eigenvalue weighted by molar-refractivity contribution is -0.121. The van der Waals surface area contributed by atoms with Crippen LogP contribution in [0, 0.1) is 0 Å². The number of halogens is 1. The van der Waals surface area contributed by atoms with Crippen molar-refractivity contribution in [1.29, 1.82) is 0 Å². The molecule has 0 saturated heterocycles. The number of carbonyl (C=O) groups is 1. The molecule has 31 heavy (non-hydrogen) atoms. The maximum Gasteiger partial charge on any atom is 0.223 e. The van der Waals surface area contributed by atoms with Crippen LogP contribution in [0.5, 0.6) is 5.75 Å². The highest BCUT2D eigenvalue weighted by Gasteiger charge is 2.08. The van der Waals surface area contributed by atoms with Gasteiger partial charge in [-0.1, -0.05) is 60.1 Å². The Bertz CT molecular complexity index is 1140. The molecule has 1 amide bonds. The monoisotopic (exact) mass is 448 g/mol. The molecule has 1 N–H and O–H groups in total. The van der Waals surface area contributed by atoms with Crippen LogP contribution in [0.15, 0.2) is 84.2 Å². The molecule has 0 bridgehead atoms. The summed E-state index contributed by atoms with van der Waals surface area (Å²) in [6, 6.07) is 25.3. The fourth-order valence-corrected chi connectivity index (χ4v) is 4.00. The maximum atomic E-state index is 12.2. The van der Waals surface area contributed by atoms with E-state index in [-0.39, 0.29) is 12.3 Å². The first-order chi connectivity index (χ1) is 15.2. The Hall–Kier alpha value is -3.15. The summed E-state index contributed by atoms with van der Waals surface area (Å²) in [4.78, 5) is 16.9. The van der Waals surface area contributed by atoms with Gasteiger partial charge in [-0.05, 0) is 35.9 Å². The fourth-order valence-electron chi connectivity index (χ4n) is 3.04. The summed E-state index contributed by atoms with van der Waals surface area (Å²) in [5.74, 6) is 0.642. The van der Waals surface area contributed by atoms with E-state index in [1.165, 1.54) is 0 Å². The zero-order chi connectivity index (χ0) is 21.5. The number of amides is 1. The van der Waals surface area contributed by atoms with Gasteiger partial charge in [-0.3, -0.25) is 4.79 Å². The largest absolute Gasteiger partial charge is 0.493 e. The second-order valence-electron chi connectivity index (χ2n) is 6.93. The van der Waals surface area contributed by atoms with Crippen molar-refractivity contribution in [1.82, 2.24) is 10.3 Å². The Labute approximate surface area is 190 Å². The minimum Gasteiger partial charge on any atom is -0.493 e. The highest BCUT2D eigenvalue weighted by Crippen LogP contribution is 2.29. The van der Waals surface area contributed by atoms with Gasteiger partial charge in [0, 0.05) is 28.1 Å². The zero-order valence-electron chi connectivity index (χ0n) is 16.8. The molecule has 156 valence electrons. The fraction of sp³-hybridized carbons (Fsp3) is 0.120. The molecule has 3 aromatic carbocycles.